The highest BCUT2D eigenvalue weighted by Crippen LogP contribution is 2.17. The summed E-state index contributed by atoms with van der Waals surface area (Å²) < 4.78 is 13.3. The van der Waals surface area contributed by atoms with Gasteiger partial charge in [-0.2, -0.15) is 5.10 Å². The van der Waals surface area contributed by atoms with Gasteiger partial charge in [-0.3, -0.25) is 9.89 Å². The third-order valence-corrected chi connectivity index (χ3v) is 3.04. The number of hydrogen-bond donors (Lipinski definition) is 2. The minimum Gasteiger partial charge on any atom is -0.305 e. The fourth-order valence-electron chi connectivity index (χ4n) is 1.43. The van der Waals surface area contributed by atoms with Crippen LogP contribution in [0.4, 0.5) is 10.2 Å². The van der Waals surface area contributed by atoms with Crippen LogP contribution in [0, 0.1) is 5.82 Å². The Labute approximate surface area is 112 Å². The van der Waals surface area contributed by atoms with Gasteiger partial charge in [-0.1, -0.05) is 6.92 Å². The van der Waals surface area contributed by atoms with E-state index < -0.39 is 5.82 Å². The molecule has 18 heavy (non-hydrogen) atoms. The van der Waals surface area contributed by atoms with Crippen LogP contribution in [0.15, 0.2) is 28.7 Å². The van der Waals surface area contributed by atoms with Gasteiger partial charge >= 0.3 is 0 Å². The van der Waals surface area contributed by atoms with Crippen molar-refractivity contribution in [3.05, 3.63) is 45.8 Å². The van der Waals surface area contributed by atoms with Gasteiger partial charge in [-0.25, -0.2) is 4.39 Å². The van der Waals surface area contributed by atoms with Crippen molar-refractivity contribution in [2.75, 3.05) is 5.32 Å². The number of aromatic amines is 1. The van der Waals surface area contributed by atoms with Gasteiger partial charge in [-0.05, 0) is 40.5 Å². The van der Waals surface area contributed by atoms with E-state index in [-0.39, 0.29) is 10.4 Å². The molecule has 0 unspecified atom stereocenters. The van der Waals surface area contributed by atoms with Crippen LogP contribution in [0.25, 0.3) is 0 Å². The molecule has 1 aromatic heterocycles. The number of carbonyl (C=O) groups excluding carboxylic acids is 1. The average Bonchev–Trinajstić information content (AvgIpc) is 2.80. The number of aryl methyl sites for hydroxylation is 1. The zero-order chi connectivity index (χ0) is 13.1. The molecule has 4 nitrogen and oxygen atoms in total. The molecule has 2 rings (SSSR count). The molecular formula is C12H11BrFN3O. The van der Waals surface area contributed by atoms with E-state index in [4.69, 9.17) is 0 Å². The summed E-state index contributed by atoms with van der Waals surface area (Å²) in [6.07, 6.45) is 0.810. The van der Waals surface area contributed by atoms with Crippen molar-refractivity contribution in [3.63, 3.8) is 0 Å². The van der Waals surface area contributed by atoms with Crippen molar-refractivity contribution in [2.45, 2.75) is 13.3 Å². The number of rotatable bonds is 3. The molecule has 0 aliphatic carbocycles. The Bertz CT molecular complexity index is 582. The monoisotopic (exact) mass is 311 g/mol. The first-order valence-corrected chi connectivity index (χ1v) is 6.20. The van der Waals surface area contributed by atoms with E-state index in [9.17, 15) is 9.18 Å². The van der Waals surface area contributed by atoms with Crippen LogP contribution < -0.4 is 5.32 Å². The largest absolute Gasteiger partial charge is 0.305 e. The van der Waals surface area contributed by atoms with E-state index in [1.54, 1.807) is 6.07 Å². The topological polar surface area (TPSA) is 57.8 Å². The molecule has 0 saturated heterocycles. The number of anilines is 1. The lowest BCUT2D eigenvalue weighted by Gasteiger charge is -2.02. The van der Waals surface area contributed by atoms with Gasteiger partial charge in [0.25, 0.3) is 5.91 Å². The van der Waals surface area contributed by atoms with Gasteiger partial charge in [0.1, 0.15) is 5.82 Å². The maximum atomic E-state index is 13.0. The molecular weight excluding hydrogens is 301 g/mol. The first-order valence-electron chi connectivity index (χ1n) is 5.41. The summed E-state index contributed by atoms with van der Waals surface area (Å²) in [6, 6.07) is 5.85. The quantitative estimate of drug-likeness (QED) is 0.915. The molecule has 2 aromatic rings. The number of benzene rings is 1. The number of nitrogens with one attached hydrogen (secondary N) is 2. The number of nitrogens with zero attached hydrogens (tertiary/aromatic N) is 1. The minimum absolute atomic E-state index is 0.256. The summed E-state index contributed by atoms with van der Waals surface area (Å²) in [6.45, 7) is 1.98. The molecule has 0 aliphatic rings. The van der Waals surface area contributed by atoms with Crippen molar-refractivity contribution >= 4 is 27.7 Å². The van der Waals surface area contributed by atoms with Crippen LogP contribution >= 0.6 is 15.9 Å². The van der Waals surface area contributed by atoms with Crippen LogP contribution in [0.3, 0.4) is 0 Å². The van der Waals surface area contributed by atoms with Gasteiger partial charge in [0.2, 0.25) is 0 Å². The molecule has 0 atom stereocenters. The van der Waals surface area contributed by atoms with Gasteiger partial charge in [0.05, 0.1) is 4.47 Å². The number of aromatic nitrogens is 2. The van der Waals surface area contributed by atoms with Crippen LogP contribution in [0.1, 0.15) is 23.0 Å². The Morgan fingerprint density at radius 2 is 2.28 bits per heavy atom. The number of amides is 1. The van der Waals surface area contributed by atoms with Crippen LogP contribution in [0.2, 0.25) is 0 Å². The summed E-state index contributed by atoms with van der Waals surface area (Å²) in [4.78, 5) is 11.9. The Morgan fingerprint density at radius 3 is 2.89 bits per heavy atom. The Morgan fingerprint density at radius 1 is 1.50 bits per heavy atom. The molecule has 0 fully saturated rings. The maximum absolute atomic E-state index is 13.0. The van der Waals surface area contributed by atoms with Gasteiger partial charge in [0.15, 0.2) is 5.82 Å². The lowest BCUT2D eigenvalue weighted by molar-refractivity contribution is 0.102. The molecule has 0 spiro atoms. The summed E-state index contributed by atoms with van der Waals surface area (Å²) in [5.41, 5.74) is 1.30. The van der Waals surface area contributed by atoms with E-state index in [2.05, 4.69) is 31.4 Å². The highest BCUT2D eigenvalue weighted by Gasteiger charge is 2.10. The molecule has 94 valence electrons. The summed E-state index contributed by atoms with van der Waals surface area (Å²) in [5.74, 6) is -0.276. The SMILES string of the molecule is CCc1cc(NC(=O)c2ccc(F)c(Br)c2)n[nH]1. The van der Waals surface area contributed by atoms with Crippen LogP contribution in [0.5, 0.6) is 0 Å². The highest BCUT2D eigenvalue weighted by atomic mass is 79.9. The van der Waals surface area contributed by atoms with Crippen molar-refractivity contribution in [3.8, 4) is 0 Å². The molecule has 1 amide bonds. The molecule has 0 aliphatic heterocycles. The van der Waals surface area contributed by atoms with Crippen molar-refractivity contribution < 1.29 is 9.18 Å². The molecule has 0 bridgehead atoms. The van der Waals surface area contributed by atoms with Crippen molar-refractivity contribution in [1.82, 2.24) is 10.2 Å². The van der Waals surface area contributed by atoms with Crippen molar-refractivity contribution in [1.29, 1.82) is 0 Å². The average molecular weight is 312 g/mol. The van der Waals surface area contributed by atoms with Crippen LogP contribution in [-0.2, 0) is 6.42 Å². The third kappa shape index (κ3) is 2.76. The Hall–Kier alpha value is -1.69. The first kappa shape index (κ1) is 12.8. The number of halogens is 2. The first-order chi connectivity index (χ1) is 8.60. The lowest BCUT2D eigenvalue weighted by atomic mass is 10.2. The van der Waals surface area contributed by atoms with Gasteiger partial charge in [0, 0.05) is 17.3 Å². The Balaban J connectivity index is 2.14. The minimum atomic E-state index is -0.403. The lowest BCUT2D eigenvalue weighted by Crippen LogP contribution is -2.12. The van der Waals surface area contributed by atoms with E-state index in [1.807, 2.05) is 6.92 Å². The number of carbonyl (C=O) groups is 1. The van der Waals surface area contributed by atoms with E-state index >= 15 is 0 Å². The maximum Gasteiger partial charge on any atom is 0.256 e. The highest BCUT2D eigenvalue weighted by molar-refractivity contribution is 9.10. The van der Waals surface area contributed by atoms with E-state index in [0.29, 0.717) is 11.4 Å². The summed E-state index contributed by atoms with van der Waals surface area (Å²) >= 11 is 3.04. The number of hydrogen-bond acceptors (Lipinski definition) is 2. The van der Waals surface area contributed by atoms with Crippen molar-refractivity contribution in [2.24, 2.45) is 0 Å². The predicted octanol–water partition coefficient (Wildman–Crippen LogP) is 3.13. The molecule has 1 heterocycles. The second-order valence-corrected chi connectivity index (χ2v) is 4.57. The summed E-state index contributed by atoms with van der Waals surface area (Å²) in [5, 5.41) is 9.38. The zero-order valence-electron chi connectivity index (χ0n) is 9.63. The molecule has 1 aromatic carbocycles. The molecule has 0 radical (unpaired) electrons. The fourth-order valence-corrected chi connectivity index (χ4v) is 1.81. The predicted molar refractivity (Wildman–Crippen MR) is 70.0 cm³/mol. The molecule has 2 N–H and O–H groups in total. The summed E-state index contributed by atoms with van der Waals surface area (Å²) in [7, 11) is 0. The third-order valence-electron chi connectivity index (χ3n) is 2.44. The van der Waals surface area contributed by atoms with Gasteiger partial charge < -0.3 is 5.32 Å². The number of H-pyrrole nitrogens is 1. The van der Waals surface area contributed by atoms with Gasteiger partial charge in [-0.15, -0.1) is 0 Å². The van der Waals surface area contributed by atoms with E-state index in [1.165, 1.54) is 18.2 Å². The second kappa shape index (κ2) is 5.30. The normalized spacial score (nSPS) is 10.4. The van der Waals surface area contributed by atoms with E-state index in [0.717, 1.165) is 12.1 Å². The second-order valence-electron chi connectivity index (χ2n) is 3.71. The molecule has 0 saturated carbocycles. The standard InChI is InChI=1S/C12H11BrFN3O/c1-2-8-6-11(17-16-8)15-12(18)7-3-4-10(14)9(13)5-7/h3-6H,2H2,1H3,(H2,15,16,17,18). The Kier molecular flexibility index (Phi) is 3.76. The van der Waals surface area contributed by atoms with Crippen LogP contribution in [-0.4, -0.2) is 16.1 Å². The molecule has 6 heteroatoms. The zero-order valence-corrected chi connectivity index (χ0v) is 11.2. The fraction of sp³-hybridized carbons (Fsp3) is 0.167. The smallest absolute Gasteiger partial charge is 0.256 e.